The average Bonchev–Trinajstić information content (AvgIpc) is 3.33. The molecule has 1 fully saturated rings. The third-order valence-corrected chi connectivity index (χ3v) is 4.87. The number of amides is 1. The van der Waals surface area contributed by atoms with E-state index < -0.39 is 0 Å². The Morgan fingerprint density at radius 3 is 3.29 bits per heavy atom. The molecule has 4 rings (SSSR count). The van der Waals surface area contributed by atoms with Gasteiger partial charge < -0.3 is 19.4 Å². The molecule has 4 heterocycles. The number of aromatic amines is 1. The molecule has 1 amide bonds. The van der Waals surface area contributed by atoms with Crippen molar-refractivity contribution < 1.29 is 13.9 Å². The van der Waals surface area contributed by atoms with E-state index in [4.69, 9.17) is 9.15 Å². The van der Waals surface area contributed by atoms with Gasteiger partial charge in [-0.05, 0) is 37.0 Å². The van der Waals surface area contributed by atoms with Crippen LogP contribution >= 0.6 is 0 Å². The molecule has 0 aliphatic carbocycles. The SMILES string of the molecule is COCc1cc(CNC(=O)CC2CCCN(c3nc4ncccc4o3)C2)[nH]n1. The van der Waals surface area contributed by atoms with Crippen LogP contribution in [0.4, 0.5) is 6.01 Å². The van der Waals surface area contributed by atoms with E-state index in [9.17, 15) is 4.79 Å². The van der Waals surface area contributed by atoms with Gasteiger partial charge >= 0.3 is 0 Å². The first-order chi connectivity index (χ1) is 13.7. The normalized spacial score (nSPS) is 17.2. The topological polar surface area (TPSA) is 109 Å². The van der Waals surface area contributed by atoms with E-state index >= 15 is 0 Å². The van der Waals surface area contributed by atoms with Gasteiger partial charge in [-0.2, -0.15) is 10.1 Å². The van der Waals surface area contributed by atoms with Gasteiger partial charge in [0.1, 0.15) is 0 Å². The number of fused-ring (bicyclic) bond motifs is 1. The number of hydrogen-bond donors (Lipinski definition) is 2. The number of ether oxygens (including phenoxy) is 1. The van der Waals surface area contributed by atoms with E-state index in [1.165, 1.54) is 0 Å². The van der Waals surface area contributed by atoms with Gasteiger partial charge in [-0.25, -0.2) is 4.98 Å². The lowest BCUT2D eigenvalue weighted by molar-refractivity contribution is -0.122. The van der Waals surface area contributed by atoms with Crippen molar-refractivity contribution in [3.63, 3.8) is 0 Å². The van der Waals surface area contributed by atoms with E-state index in [-0.39, 0.29) is 11.8 Å². The molecule has 3 aromatic rings. The maximum absolute atomic E-state index is 12.4. The van der Waals surface area contributed by atoms with Crippen molar-refractivity contribution in [2.45, 2.75) is 32.4 Å². The molecule has 9 heteroatoms. The van der Waals surface area contributed by atoms with Gasteiger partial charge in [0.25, 0.3) is 6.01 Å². The molecule has 1 saturated heterocycles. The zero-order valence-corrected chi connectivity index (χ0v) is 15.9. The number of pyridine rings is 1. The summed E-state index contributed by atoms with van der Waals surface area (Å²) in [6, 6.07) is 6.18. The predicted octanol–water partition coefficient (Wildman–Crippen LogP) is 2.02. The lowest BCUT2D eigenvalue weighted by Gasteiger charge is -2.31. The zero-order chi connectivity index (χ0) is 19.3. The van der Waals surface area contributed by atoms with Gasteiger partial charge in [-0.15, -0.1) is 0 Å². The minimum atomic E-state index is 0.0361. The molecule has 0 saturated carbocycles. The van der Waals surface area contributed by atoms with Crippen molar-refractivity contribution in [3.8, 4) is 0 Å². The largest absolute Gasteiger partial charge is 0.422 e. The second-order valence-electron chi connectivity index (χ2n) is 7.07. The quantitative estimate of drug-likeness (QED) is 0.641. The van der Waals surface area contributed by atoms with Crippen LogP contribution in [0.5, 0.6) is 0 Å². The van der Waals surface area contributed by atoms with Crippen LogP contribution < -0.4 is 10.2 Å². The number of nitrogens with zero attached hydrogens (tertiary/aromatic N) is 4. The first-order valence-electron chi connectivity index (χ1n) is 9.46. The highest BCUT2D eigenvalue weighted by atomic mass is 16.5. The number of oxazole rings is 1. The fourth-order valence-electron chi connectivity index (χ4n) is 3.55. The summed E-state index contributed by atoms with van der Waals surface area (Å²) in [7, 11) is 1.63. The van der Waals surface area contributed by atoms with E-state index in [1.807, 2.05) is 18.2 Å². The first kappa shape index (κ1) is 18.4. The van der Waals surface area contributed by atoms with Crippen LogP contribution in [-0.4, -0.2) is 46.3 Å². The fraction of sp³-hybridized carbons (Fsp3) is 0.474. The van der Waals surface area contributed by atoms with Gasteiger partial charge in [0, 0.05) is 32.8 Å². The highest BCUT2D eigenvalue weighted by Gasteiger charge is 2.25. The van der Waals surface area contributed by atoms with Gasteiger partial charge in [0.2, 0.25) is 11.6 Å². The van der Waals surface area contributed by atoms with Crippen LogP contribution in [0.25, 0.3) is 11.2 Å². The maximum atomic E-state index is 12.4. The molecule has 0 radical (unpaired) electrons. The Morgan fingerprint density at radius 1 is 1.50 bits per heavy atom. The lowest BCUT2D eigenvalue weighted by Crippen LogP contribution is -2.38. The van der Waals surface area contributed by atoms with Gasteiger partial charge in [0.05, 0.1) is 24.5 Å². The van der Waals surface area contributed by atoms with Crippen molar-refractivity contribution in [2.75, 3.05) is 25.1 Å². The molecular weight excluding hydrogens is 360 g/mol. The van der Waals surface area contributed by atoms with Crippen LogP contribution in [0.1, 0.15) is 30.7 Å². The summed E-state index contributed by atoms with van der Waals surface area (Å²) >= 11 is 0. The van der Waals surface area contributed by atoms with Crippen LogP contribution in [0.3, 0.4) is 0 Å². The Balaban J connectivity index is 1.29. The van der Waals surface area contributed by atoms with Crippen LogP contribution in [0, 0.1) is 5.92 Å². The number of methoxy groups -OCH3 is 1. The molecule has 3 aromatic heterocycles. The van der Waals surface area contributed by atoms with Crippen LogP contribution in [0.15, 0.2) is 28.8 Å². The molecule has 1 atom stereocenters. The Bertz CT molecular complexity index is 904. The van der Waals surface area contributed by atoms with Crippen molar-refractivity contribution in [3.05, 3.63) is 35.8 Å². The Morgan fingerprint density at radius 2 is 2.43 bits per heavy atom. The van der Waals surface area contributed by atoms with Gasteiger partial charge in [0.15, 0.2) is 5.58 Å². The average molecular weight is 384 g/mol. The standard InChI is InChI=1S/C19H24N6O3/c1-27-12-15-9-14(23-24-15)10-21-17(26)8-13-4-3-7-25(11-13)19-22-18-16(28-19)5-2-6-20-18/h2,5-6,9,13H,3-4,7-8,10-12H2,1H3,(H,21,26)(H,23,24). The molecule has 1 aliphatic rings. The number of anilines is 1. The van der Waals surface area contributed by atoms with E-state index in [0.29, 0.717) is 36.8 Å². The number of rotatable bonds is 7. The molecule has 2 N–H and O–H groups in total. The minimum absolute atomic E-state index is 0.0361. The van der Waals surface area contributed by atoms with Gasteiger partial charge in [-0.3, -0.25) is 9.89 Å². The van der Waals surface area contributed by atoms with E-state index in [1.54, 1.807) is 13.3 Å². The number of piperidine rings is 1. The minimum Gasteiger partial charge on any atom is -0.422 e. The third kappa shape index (κ3) is 4.30. The summed E-state index contributed by atoms with van der Waals surface area (Å²) in [6.45, 7) is 2.51. The number of carbonyl (C=O) groups excluding carboxylic acids is 1. The fourth-order valence-corrected chi connectivity index (χ4v) is 3.55. The monoisotopic (exact) mass is 384 g/mol. The van der Waals surface area contributed by atoms with Crippen molar-refractivity contribution in [2.24, 2.45) is 5.92 Å². The summed E-state index contributed by atoms with van der Waals surface area (Å²) in [4.78, 5) is 23.2. The number of carbonyl (C=O) groups is 1. The van der Waals surface area contributed by atoms with Crippen molar-refractivity contribution in [1.82, 2.24) is 25.5 Å². The summed E-state index contributed by atoms with van der Waals surface area (Å²) in [5.41, 5.74) is 2.99. The molecule has 0 bridgehead atoms. The Hall–Kier alpha value is -2.94. The number of nitrogens with one attached hydrogen (secondary N) is 2. The second-order valence-corrected chi connectivity index (χ2v) is 7.07. The molecule has 0 aromatic carbocycles. The molecule has 1 unspecified atom stereocenters. The zero-order valence-electron chi connectivity index (χ0n) is 15.9. The number of aromatic nitrogens is 4. The number of hydrogen-bond acceptors (Lipinski definition) is 7. The smallest absolute Gasteiger partial charge is 0.299 e. The van der Waals surface area contributed by atoms with Crippen LogP contribution in [-0.2, 0) is 22.7 Å². The van der Waals surface area contributed by atoms with Crippen molar-refractivity contribution >= 4 is 23.2 Å². The predicted molar refractivity (Wildman–Crippen MR) is 103 cm³/mol. The molecule has 28 heavy (non-hydrogen) atoms. The summed E-state index contributed by atoms with van der Waals surface area (Å²) < 4.78 is 10.9. The maximum Gasteiger partial charge on any atom is 0.299 e. The Kier molecular flexibility index (Phi) is 5.52. The van der Waals surface area contributed by atoms with Gasteiger partial charge in [-0.1, -0.05) is 0 Å². The highest BCUT2D eigenvalue weighted by molar-refractivity contribution is 5.76. The molecule has 9 nitrogen and oxygen atoms in total. The summed E-state index contributed by atoms with van der Waals surface area (Å²) in [5.74, 6) is 0.302. The number of H-pyrrole nitrogens is 1. The Labute approximate surface area is 162 Å². The molecule has 1 aliphatic heterocycles. The highest BCUT2D eigenvalue weighted by Crippen LogP contribution is 2.26. The summed E-state index contributed by atoms with van der Waals surface area (Å²) in [6.07, 6.45) is 4.21. The molecular formula is C19H24N6O3. The summed E-state index contributed by atoms with van der Waals surface area (Å²) in [5, 5.41) is 10.0. The van der Waals surface area contributed by atoms with E-state index in [2.05, 4.69) is 30.4 Å². The second kappa shape index (κ2) is 8.39. The lowest BCUT2D eigenvalue weighted by atomic mass is 9.94. The van der Waals surface area contributed by atoms with Crippen molar-refractivity contribution in [1.29, 1.82) is 0 Å². The first-order valence-corrected chi connectivity index (χ1v) is 9.46. The molecule has 148 valence electrons. The van der Waals surface area contributed by atoms with Crippen LogP contribution in [0.2, 0.25) is 0 Å². The molecule has 0 spiro atoms. The third-order valence-electron chi connectivity index (χ3n) is 4.87. The van der Waals surface area contributed by atoms with E-state index in [0.717, 1.165) is 37.3 Å².